The highest BCUT2D eigenvalue weighted by atomic mass is 16.5. The fourth-order valence-electron chi connectivity index (χ4n) is 1.24. The molecule has 0 aliphatic carbocycles. The number of aliphatic hydroxyl groups is 1. The van der Waals surface area contributed by atoms with Crippen LogP contribution >= 0.6 is 0 Å². The molecule has 1 N–H and O–H groups in total. The van der Waals surface area contributed by atoms with Crippen LogP contribution in [0.25, 0.3) is 0 Å². The quantitative estimate of drug-likeness (QED) is 0.743. The van der Waals surface area contributed by atoms with E-state index in [1.807, 2.05) is 6.07 Å². The highest BCUT2D eigenvalue weighted by molar-refractivity contribution is 5.43. The molecular formula is C12H15NO3. The van der Waals surface area contributed by atoms with Gasteiger partial charge in [-0.2, -0.15) is 5.26 Å². The summed E-state index contributed by atoms with van der Waals surface area (Å²) in [6.07, 6.45) is 1.50. The number of hydrogen-bond acceptors (Lipinski definition) is 4. The van der Waals surface area contributed by atoms with Crippen LogP contribution in [0.5, 0.6) is 11.5 Å². The lowest BCUT2D eigenvalue weighted by molar-refractivity contribution is 0.252. The second-order valence-corrected chi connectivity index (χ2v) is 3.29. The molecule has 0 aliphatic rings. The van der Waals surface area contributed by atoms with Gasteiger partial charge in [0.15, 0.2) is 0 Å². The summed E-state index contributed by atoms with van der Waals surface area (Å²) < 4.78 is 10.5. The zero-order valence-corrected chi connectivity index (χ0v) is 9.27. The highest BCUT2D eigenvalue weighted by Gasteiger charge is 2.01. The van der Waals surface area contributed by atoms with Gasteiger partial charge in [0.1, 0.15) is 11.5 Å². The van der Waals surface area contributed by atoms with E-state index in [2.05, 4.69) is 0 Å². The standard InChI is InChI=1S/C12H15NO3/c1-15-11-6-10(9-13)7-12(8-11)16-5-3-2-4-14/h6-8,14H,2-5H2,1H3. The van der Waals surface area contributed by atoms with Crippen molar-refractivity contribution in [2.75, 3.05) is 20.3 Å². The maximum atomic E-state index is 8.80. The molecule has 0 heterocycles. The van der Waals surface area contributed by atoms with Crippen molar-refractivity contribution in [3.05, 3.63) is 23.8 Å². The maximum Gasteiger partial charge on any atom is 0.124 e. The van der Waals surface area contributed by atoms with E-state index in [9.17, 15) is 0 Å². The number of aliphatic hydroxyl groups excluding tert-OH is 1. The van der Waals surface area contributed by atoms with Crippen molar-refractivity contribution in [2.24, 2.45) is 0 Å². The van der Waals surface area contributed by atoms with Crippen molar-refractivity contribution in [2.45, 2.75) is 12.8 Å². The summed E-state index contributed by atoms with van der Waals surface area (Å²) in [5.41, 5.74) is 0.511. The number of nitriles is 1. The van der Waals surface area contributed by atoms with E-state index in [0.717, 1.165) is 12.8 Å². The summed E-state index contributed by atoms with van der Waals surface area (Å²) in [6, 6.07) is 7.10. The Kier molecular flexibility index (Phi) is 5.17. The Hall–Kier alpha value is -1.73. The van der Waals surface area contributed by atoms with Crippen LogP contribution in [0.1, 0.15) is 18.4 Å². The van der Waals surface area contributed by atoms with E-state index in [0.29, 0.717) is 23.7 Å². The summed E-state index contributed by atoms with van der Waals surface area (Å²) in [7, 11) is 1.55. The van der Waals surface area contributed by atoms with Crippen molar-refractivity contribution in [3.8, 4) is 17.6 Å². The van der Waals surface area contributed by atoms with Crippen molar-refractivity contribution in [3.63, 3.8) is 0 Å². The second-order valence-electron chi connectivity index (χ2n) is 3.29. The van der Waals surface area contributed by atoms with Crippen LogP contribution in [0, 0.1) is 11.3 Å². The van der Waals surface area contributed by atoms with E-state index in [-0.39, 0.29) is 6.61 Å². The first-order valence-electron chi connectivity index (χ1n) is 5.13. The molecule has 1 aromatic carbocycles. The van der Waals surface area contributed by atoms with Gasteiger partial charge >= 0.3 is 0 Å². The second kappa shape index (κ2) is 6.70. The predicted octanol–water partition coefficient (Wildman–Crippen LogP) is 1.72. The number of rotatable bonds is 6. The Labute approximate surface area is 95.0 Å². The lowest BCUT2D eigenvalue weighted by atomic mass is 10.2. The van der Waals surface area contributed by atoms with Crippen LogP contribution in [0.2, 0.25) is 0 Å². The molecule has 4 heteroatoms. The lowest BCUT2D eigenvalue weighted by Crippen LogP contribution is -1.99. The Morgan fingerprint density at radius 1 is 1.25 bits per heavy atom. The van der Waals surface area contributed by atoms with E-state index in [1.54, 1.807) is 25.3 Å². The van der Waals surface area contributed by atoms with Gasteiger partial charge in [0.25, 0.3) is 0 Å². The van der Waals surface area contributed by atoms with E-state index in [4.69, 9.17) is 19.8 Å². The molecule has 1 aromatic rings. The fraction of sp³-hybridized carbons (Fsp3) is 0.417. The Morgan fingerprint density at radius 2 is 2.00 bits per heavy atom. The molecule has 0 saturated carbocycles. The SMILES string of the molecule is COc1cc(C#N)cc(OCCCCO)c1. The van der Waals surface area contributed by atoms with Gasteiger partial charge in [0.05, 0.1) is 25.3 Å². The van der Waals surface area contributed by atoms with Crippen LogP contribution < -0.4 is 9.47 Å². The first-order chi connectivity index (χ1) is 7.80. The van der Waals surface area contributed by atoms with Crippen LogP contribution in [0.4, 0.5) is 0 Å². The summed E-state index contributed by atoms with van der Waals surface area (Å²) in [5, 5.41) is 17.4. The van der Waals surface area contributed by atoms with Gasteiger partial charge in [-0.05, 0) is 25.0 Å². The van der Waals surface area contributed by atoms with Gasteiger partial charge in [0.2, 0.25) is 0 Å². The maximum absolute atomic E-state index is 8.80. The molecule has 0 spiro atoms. The number of methoxy groups -OCH3 is 1. The number of benzene rings is 1. The zero-order chi connectivity index (χ0) is 11.8. The van der Waals surface area contributed by atoms with Gasteiger partial charge in [0, 0.05) is 12.7 Å². The fourth-order valence-corrected chi connectivity index (χ4v) is 1.24. The minimum Gasteiger partial charge on any atom is -0.497 e. The third kappa shape index (κ3) is 3.79. The van der Waals surface area contributed by atoms with Gasteiger partial charge < -0.3 is 14.6 Å². The van der Waals surface area contributed by atoms with Gasteiger partial charge in [-0.25, -0.2) is 0 Å². The predicted molar refractivity (Wildman–Crippen MR) is 59.5 cm³/mol. The third-order valence-electron chi connectivity index (χ3n) is 2.07. The Balaban J connectivity index is 2.61. The topological polar surface area (TPSA) is 62.5 Å². The number of nitrogens with zero attached hydrogens (tertiary/aromatic N) is 1. The van der Waals surface area contributed by atoms with Crippen LogP contribution in [-0.4, -0.2) is 25.4 Å². The van der Waals surface area contributed by atoms with Crippen LogP contribution in [-0.2, 0) is 0 Å². The van der Waals surface area contributed by atoms with Gasteiger partial charge in [-0.1, -0.05) is 0 Å². The lowest BCUT2D eigenvalue weighted by Gasteiger charge is -2.07. The molecule has 0 fully saturated rings. The molecule has 0 saturated heterocycles. The van der Waals surface area contributed by atoms with E-state index in [1.165, 1.54) is 0 Å². The number of ether oxygens (including phenoxy) is 2. The van der Waals surface area contributed by atoms with Crippen molar-refractivity contribution < 1.29 is 14.6 Å². The third-order valence-corrected chi connectivity index (χ3v) is 2.07. The molecule has 16 heavy (non-hydrogen) atoms. The minimum absolute atomic E-state index is 0.172. The number of unbranched alkanes of at least 4 members (excludes halogenated alkanes) is 1. The van der Waals surface area contributed by atoms with Gasteiger partial charge in [-0.15, -0.1) is 0 Å². The first kappa shape index (κ1) is 12.3. The molecule has 86 valence electrons. The normalized spacial score (nSPS) is 9.56. The summed E-state index contributed by atoms with van der Waals surface area (Å²) in [5.74, 6) is 1.23. The molecule has 0 atom stereocenters. The molecule has 0 amide bonds. The first-order valence-corrected chi connectivity index (χ1v) is 5.13. The smallest absolute Gasteiger partial charge is 0.124 e. The molecule has 4 nitrogen and oxygen atoms in total. The van der Waals surface area contributed by atoms with E-state index < -0.39 is 0 Å². The monoisotopic (exact) mass is 221 g/mol. The average Bonchev–Trinajstić information content (AvgIpc) is 2.34. The molecular weight excluding hydrogens is 206 g/mol. The molecule has 0 aliphatic heterocycles. The molecule has 0 radical (unpaired) electrons. The Bertz CT molecular complexity index is 371. The van der Waals surface area contributed by atoms with Crippen LogP contribution in [0.15, 0.2) is 18.2 Å². The molecule has 1 rings (SSSR count). The minimum atomic E-state index is 0.172. The Morgan fingerprint density at radius 3 is 2.62 bits per heavy atom. The van der Waals surface area contributed by atoms with Crippen molar-refractivity contribution >= 4 is 0 Å². The zero-order valence-electron chi connectivity index (χ0n) is 9.27. The highest BCUT2D eigenvalue weighted by Crippen LogP contribution is 2.22. The summed E-state index contributed by atoms with van der Waals surface area (Å²) >= 11 is 0. The molecule has 0 aromatic heterocycles. The van der Waals surface area contributed by atoms with E-state index >= 15 is 0 Å². The molecule has 0 unspecified atom stereocenters. The molecule has 0 bridgehead atoms. The number of hydrogen-bond donors (Lipinski definition) is 1. The van der Waals surface area contributed by atoms with Crippen LogP contribution in [0.3, 0.4) is 0 Å². The van der Waals surface area contributed by atoms with Gasteiger partial charge in [-0.3, -0.25) is 0 Å². The van der Waals surface area contributed by atoms with Crippen molar-refractivity contribution in [1.29, 1.82) is 5.26 Å². The average molecular weight is 221 g/mol. The largest absolute Gasteiger partial charge is 0.497 e. The van der Waals surface area contributed by atoms with Crippen molar-refractivity contribution in [1.82, 2.24) is 0 Å². The summed E-state index contributed by atoms with van der Waals surface area (Å²) in [6.45, 7) is 0.698. The summed E-state index contributed by atoms with van der Waals surface area (Å²) in [4.78, 5) is 0.